The van der Waals surface area contributed by atoms with Crippen molar-refractivity contribution in [2.24, 2.45) is 5.10 Å². The molecule has 1 aliphatic rings. The largest absolute Gasteiger partial charge is 0.347 e. The van der Waals surface area contributed by atoms with Crippen molar-refractivity contribution in [1.29, 1.82) is 0 Å². The van der Waals surface area contributed by atoms with Crippen LogP contribution >= 0.6 is 0 Å². The summed E-state index contributed by atoms with van der Waals surface area (Å²) in [5, 5.41) is 5.07. The van der Waals surface area contributed by atoms with Crippen LogP contribution in [-0.4, -0.2) is 35.7 Å². The van der Waals surface area contributed by atoms with Crippen LogP contribution in [0.4, 0.5) is 0 Å². The summed E-state index contributed by atoms with van der Waals surface area (Å²) in [5.41, 5.74) is 4.43. The Morgan fingerprint density at radius 3 is 2.96 bits per heavy atom. The standard InChI is InChI=1S/C18H19N3O3/c1-3-8-21-13-14(15-6-4-5-7-16(15)21)12-19-20-17(22)11-18(2)23-9-10-24-18/h1,4-7,12-13H,8-11H2,2H3,(H,20,22)/b19-12-. The van der Waals surface area contributed by atoms with Crippen LogP contribution in [-0.2, 0) is 20.8 Å². The second-order valence-electron chi connectivity index (χ2n) is 5.73. The van der Waals surface area contributed by atoms with Crippen molar-refractivity contribution in [3.63, 3.8) is 0 Å². The number of para-hydroxylation sites is 1. The zero-order valence-electron chi connectivity index (χ0n) is 13.5. The molecule has 1 fully saturated rings. The average molecular weight is 325 g/mol. The molecule has 0 aliphatic carbocycles. The van der Waals surface area contributed by atoms with Crippen molar-refractivity contribution in [1.82, 2.24) is 9.99 Å². The molecule has 0 unspecified atom stereocenters. The number of carbonyl (C=O) groups excluding carboxylic acids is 1. The highest BCUT2D eigenvalue weighted by atomic mass is 16.7. The molecular formula is C18H19N3O3. The molecular weight excluding hydrogens is 306 g/mol. The molecule has 1 aliphatic heterocycles. The number of hydrazone groups is 1. The Hall–Kier alpha value is -2.62. The third kappa shape index (κ3) is 3.48. The highest BCUT2D eigenvalue weighted by Gasteiger charge is 2.33. The lowest BCUT2D eigenvalue weighted by atomic mass is 10.2. The van der Waals surface area contributed by atoms with E-state index in [4.69, 9.17) is 15.9 Å². The highest BCUT2D eigenvalue weighted by molar-refractivity contribution is 5.99. The van der Waals surface area contributed by atoms with Crippen molar-refractivity contribution in [3.05, 3.63) is 36.0 Å². The Balaban J connectivity index is 1.69. The van der Waals surface area contributed by atoms with Gasteiger partial charge >= 0.3 is 0 Å². The van der Waals surface area contributed by atoms with E-state index in [9.17, 15) is 4.79 Å². The smallest absolute Gasteiger partial charge is 0.245 e. The quantitative estimate of drug-likeness (QED) is 0.518. The summed E-state index contributed by atoms with van der Waals surface area (Å²) in [4.78, 5) is 11.9. The molecule has 24 heavy (non-hydrogen) atoms. The van der Waals surface area contributed by atoms with E-state index in [-0.39, 0.29) is 12.3 Å². The van der Waals surface area contributed by atoms with Gasteiger partial charge in [0, 0.05) is 22.7 Å². The first-order valence-electron chi connectivity index (χ1n) is 7.72. The van der Waals surface area contributed by atoms with Crippen LogP contribution in [0.5, 0.6) is 0 Å². The Morgan fingerprint density at radius 1 is 1.46 bits per heavy atom. The van der Waals surface area contributed by atoms with E-state index in [1.54, 1.807) is 13.1 Å². The fraction of sp³-hybridized carbons (Fsp3) is 0.333. The van der Waals surface area contributed by atoms with Gasteiger partial charge in [-0.2, -0.15) is 5.10 Å². The van der Waals surface area contributed by atoms with Gasteiger partial charge in [-0.05, 0) is 13.0 Å². The van der Waals surface area contributed by atoms with Gasteiger partial charge in [0.1, 0.15) is 0 Å². The molecule has 0 spiro atoms. The van der Waals surface area contributed by atoms with Gasteiger partial charge in [0.2, 0.25) is 5.91 Å². The molecule has 1 aromatic heterocycles. The van der Waals surface area contributed by atoms with E-state index in [1.807, 2.05) is 35.0 Å². The van der Waals surface area contributed by atoms with Crippen molar-refractivity contribution in [2.75, 3.05) is 13.2 Å². The van der Waals surface area contributed by atoms with Gasteiger partial charge < -0.3 is 14.0 Å². The minimum absolute atomic E-state index is 0.100. The Labute approximate surface area is 140 Å². The minimum Gasteiger partial charge on any atom is -0.347 e. The normalized spacial score (nSPS) is 16.5. The number of ether oxygens (including phenoxy) is 2. The molecule has 0 atom stereocenters. The van der Waals surface area contributed by atoms with Gasteiger partial charge in [0.25, 0.3) is 0 Å². The number of fused-ring (bicyclic) bond motifs is 1. The first-order chi connectivity index (χ1) is 11.6. The van der Waals surface area contributed by atoms with Gasteiger partial charge in [-0.1, -0.05) is 24.1 Å². The molecule has 6 heteroatoms. The molecule has 124 valence electrons. The molecule has 0 saturated carbocycles. The Bertz CT molecular complexity index is 811. The predicted molar refractivity (Wildman–Crippen MR) is 91.4 cm³/mol. The van der Waals surface area contributed by atoms with Crippen molar-refractivity contribution < 1.29 is 14.3 Å². The molecule has 3 rings (SSSR count). The molecule has 2 heterocycles. The van der Waals surface area contributed by atoms with Crippen LogP contribution < -0.4 is 5.43 Å². The van der Waals surface area contributed by atoms with Crippen LogP contribution in [0.2, 0.25) is 0 Å². The molecule has 0 bridgehead atoms. The van der Waals surface area contributed by atoms with Crippen molar-refractivity contribution >= 4 is 23.0 Å². The van der Waals surface area contributed by atoms with Crippen molar-refractivity contribution in [2.45, 2.75) is 25.7 Å². The van der Waals surface area contributed by atoms with Crippen molar-refractivity contribution in [3.8, 4) is 12.3 Å². The fourth-order valence-electron chi connectivity index (χ4n) is 2.77. The Kier molecular flexibility index (Phi) is 4.65. The maximum atomic E-state index is 11.9. The number of hydrogen-bond donors (Lipinski definition) is 1. The third-order valence-electron chi connectivity index (χ3n) is 3.85. The summed E-state index contributed by atoms with van der Waals surface area (Å²) in [6.07, 6.45) is 9.04. The second kappa shape index (κ2) is 6.87. The van der Waals surface area contributed by atoms with E-state index >= 15 is 0 Å². The lowest BCUT2D eigenvalue weighted by molar-refractivity contribution is -0.159. The summed E-state index contributed by atoms with van der Waals surface area (Å²) in [7, 11) is 0. The predicted octanol–water partition coefficient (Wildman–Crippen LogP) is 1.88. The molecule has 2 aromatic rings. The lowest BCUT2D eigenvalue weighted by Gasteiger charge is -2.20. The summed E-state index contributed by atoms with van der Waals surface area (Å²) in [6.45, 7) is 3.23. The highest BCUT2D eigenvalue weighted by Crippen LogP contribution is 2.22. The first kappa shape index (κ1) is 16.2. The van der Waals surface area contributed by atoms with Crippen LogP contribution in [0.15, 0.2) is 35.6 Å². The number of rotatable bonds is 5. The Morgan fingerprint density at radius 2 is 2.21 bits per heavy atom. The van der Waals surface area contributed by atoms with Gasteiger partial charge in [0.15, 0.2) is 5.79 Å². The zero-order valence-corrected chi connectivity index (χ0v) is 13.5. The summed E-state index contributed by atoms with van der Waals surface area (Å²) >= 11 is 0. The SMILES string of the molecule is C#CCn1cc(/C=N\NC(=O)CC2(C)OCCO2)c2ccccc21. The van der Waals surface area contributed by atoms with E-state index in [1.165, 1.54) is 0 Å². The third-order valence-corrected chi connectivity index (χ3v) is 3.85. The average Bonchev–Trinajstić information content (AvgIpc) is 3.13. The summed E-state index contributed by atoms with van der Waals surface area (Å²) < 4.78 is 12.8. The van der Waals surface area contributed by atoms with Gasteiger partial charge in [0.05, 0.1) is 32.4 Å². The van der Waals surface area contributed by atoms with Crippen LogP contribution in [0.1, 0.15) is 18.9 Å². The molecule has 1 saturated heterocycles. The molecule has 1 amide bonds. The minimum atomic E-state index is -0.859. The van der Waals surface area contributed by atoms with E-state index < -0.39 is 5.79 Å². The van der Waals surface area contributed by atoms with E-state index in [2.05, 4.69) is 16.4 Å². The molecule has 0 radical (unpaired) electrons. The van der Waals surface area contributed by atoms with E-state index in [0.717, 1.165) is 16.5 Å². The van der Waals surface area contributed by atoms with E-state index in [0.29, 0.717) is 19.8 Å². The zero-order chi connectivity index (χ0) is 17.0. The van der Waals surface area contributed by atoms with Crippen LogP contribution in [0.25, 0.3) is 10.9 Å². The topological polar surface area (TPSA) is 64.9 Å². The molecule has 1 N–H and O–H groups in total. The number of nitrogens with one attached hydrogen (secondary N) is 1. The maximum absolute atomic E-state index is 11.9. The molecule has 1 aromatic carbocycles. The molecule has 6 nitrogen and oxygen atoms in total. The number of benzene rings is 1. The number of aromatic nitrogens is 1. The summed E-state index contributed by atoms with van der Waals surface area (Å²) in [5.74, 6) is 1.51. The number of terminal acetylenes is 1. The second-order valence-corrected chi connectivity index (χ2v) is 5.73. The number of carbonyl (C=O) groups is 1. The maximum Gasteiger partial charge on any atom is 0.245 e. The fourth-order valence-corrected chi connectivity index (χ4v) is 2.77. The lowest BCUT2D eigenvalue weighted by Crippen LogP contribution is -2.33. The van der Waals surface area contributed by atoms with Gasteiger partial charge in [-0.15, -0.1) is 6.42 Å². The summed E-state index contributed by atoms with van der Waals surface area (Å²) in [6, 6.07) is 7.90. The van der Waals surface area contributed by atoms with Gasteiger partial charge in [-0.3, -0.25) is 4.79 Å². The number of amides is 1. The van der Waals surface area contributed by atoms with Crippen LogP contribution in [0, 0.1) is 12.3 Å². The first-order valence-corrected chi connectivity index (χ1v) is 7.72. The van der Waals surface area contributed by atoms with Gasteiger partial charge in [-0.25, -0.2) is 5.43 Å². The number of hydrogen-bond acceptors (Lipinski definition) is 4. The number of nitrogens with zero attached hydrogens (tertiary/aromatic N) is 2. The monoisotopic (exact) mass is 325 g/mol. The van der Waals surface area contributed by atoms with Crippen LogP contribution in [0.3, 0.4) is 0 Å².